The van der Waals surface area contributed by atoms with Gasteiger partial charge in [0.1, 0.15) is 17.2 Å². The molecule has 2 atom stereocenters. The van der Waals surface area contributed by atoms with Gasteiger partial charge < -0.3 is 18.9 Å². The fraction of sp³-hybridized carbons (Fsp3) is 0.542. The summed E-state index contributed by atoms with van der Waals surface area (Å²) in [6.07, 6.45) is -0.653. The number of imidazole rings is 1. The molecule has 0 N–H and O–H groups in total. The maximum Gasteiger partial charge on any atom is 0.416 e. The van der Waals surface area contributed by atoms with E-state index in [1.54, 1.807) is 0 Å². The summed E-state index contributed by atoms with van der Waals surface area (Å²) >= 11 is 6.35. The number of benzene rings is 1. The van der Waals surface area contributed by atoms with Crippen LogP contribution in [0.2, 0.25) is 5.28 Å². The van der Waals surface area contributed by atoms with Gasteiger partial charge in [0.15, 0.2) is 17.0 Å². The molecule has 2 aliphatic rings. The Labute approximate surface area is 206 Å². The van der Waals surface area contributed by atoms with Gasteiger partial charge in [0.25, 0.3) is 0 Å². The van der Waals surface area contributed by atoms with Gasteiger partial charge in [0, 0.05) is 13.2 Å². The van der Waals surface area contributed by atoms with Gasteiger partial charge in [-0.2, -0.15) is 23.1 Å². The first-order valence-corrected chi connectivity index (χ1v) is 12.1. The van der Waals surface area contributed by atoms with Crippen LogP contribution < -0.4 is 9.64 Å². The molecule has 4 heterocycles. The minimum absolute atomic E-state index is 0.124. The highest BCUT2D eigenvalue weighted by Crippen LogP contribution is 2.35. The van der Waals surface area contributed by atoms with Crippen LogP contribution in [0.15, 0.2) is 24.3 Å². The number of nitrogens with zero attached hydrogens (tertiary/aromatic N) is 5. The number of fused-ring (bicyclic) bond motifs is 1. The topological polar surface area (TPSA) is 65.3 Å². The van der Waals surface area contributed by atoms with Crippen molar-refractivity contribution in [2.24, 2.45) is 0 Å². The summed E-state index contributed by atoms with van der Waals surface area (Å²) in [5.41, 5.74) is 0.0108. The molecule has 3 aromatic rings. The number of ether oxygens (including phenoxy) is 2. The van der Waals surface area contributed by atoms with E-state index in [0.29, 0.717) is 35.8 Å². The summed E-state index contributed by atoms with van der Waals surface area (Å²) in [7, 11) is 0. The van der Waals surface area contributed by atoms with E-state index in [2.05, 4.69) is 14.9 Å². The fourth-order valence-electron chi connectivity index (χ4n) is 4.97. The van der Waals surface area contributed by atoms with Crippen molar-refractivity contribution in [2.45, 2.75) is 64.0 Å². The third kappa shape index (κ3) is 5.04. The number of hydrogen-bond acceptors (Lipinski definition) is 6. The molecule has 0 amide bonds. The van der Waals surface area contributed by atoms with Crippen LogP contribution in [0.25, 0.3) is 11.2 Å². The first-order valence-electron chi connectivity index (χ1n) is 11.7. The van der Waals surface area contributed by atoms with E-state index in [1.807, 2.05) is 18.4 Å². The molecule has 0 bridgehead atoms. The van der Waals surface area contributed by atoms with Crippen molar-refractivity contribution in [3.8, 4) is 5.75 Å². The minimum atomic E-state index is -4.38. The van der Waals surface area contributed by atoms with Gasteiger partial charge in [-0.3, -0.25) is 0 Å². The van der Waals surface area contributed by atoms with Crippen LogP contribution >= 0.6 is 11.6 Å². The van der Waals surface area contributed by atoms with Gasteiger partial charge in [0.2, 0.25) is 5.28 Å². The van der Waals surface area contributed by atoms with E-state index < -0.39 is 17.3 Å². The maximum atomic E-state index is 12.9. The molecule has 2 aliphatic heterocycles. The molecule has 1 aromatic carbocycles. The Kier molecular flexibility index (Phi) is 6.29. The van der Waals surface area contributed by atoms with E-state index in [0.717, 1.165) is 56.8 Å². The fourth-order valence-corrected chi connectivity index (χ4v) is 5.13. The van der Waals surface area contributed by atoms with E-state index in [1.165, 1.54) is 12.1 Å². The summed E-state index contributed by atoms with van der Waals surface area (Å²) < 4.78 is 52.8. The zero-order valence-corrected chi connectivity index (χ0v) is 20.4. The second-order valence-electron chi connectivity index (χ2n) is 9.49. The van der Waals surface area contributed by atoms with Crippen LogP contribution in [0, 0.1) is 6.92 Å². The number of halogens is 4. The maximum absolute atomic E-state index is 12.9. The molecule has 188 valence electrons. The average Bonchev–Trinajstić information content (AvgIpc) is 3.41. The molecule has 0 unspecified atom stereocenters. The molecule has 0 radical (unpaired) electrons. The third-order valence-corrected chi connectivity index (χ3v) is 6.82. The van der Waals surface area contributed by atoms with E-state index in [4.69, 9.17) is 26.1 Å². The Morgan fingerprint density at radius 1 is 1.17 bits per heavy atom. The predicted molar refractivity (Wildman–Crippen MR) is 126 cm³/mol. The number of hydrogen-bond donors (Lipinski definition) is 0. The van der Waals surface area contributed by atoms with Gasteiger partial charge in [0.05, 0.1) is 24.8 Å². The van der Waals surface area contributed by atoms with Crippen molar-refractivity contribution in [1.82, 2.24) is 19.5 Å². The predicted octanol–water partition coefficient (Wildman–Crippen LogP) is 5.42. The molecule has 5 rings (SSSR count). The minimum Gasteiger partial charge on any atom is -0.486 e. The summed E-state index contributed by atoms with van der Waals surface area (Å²) in [6.45, 7) is 6.52. The van der Waals surface area contributed by atoms with E-state index in [9.17, 15) is 13.2 Å². The second-order valence-corrected chi connectivity index (χ2v) is 9.83. The van der Waals surface area contributed by atoms with Crippen molar-refractivity contribution in [3.63, 3.8) is 0 Å². The number of piperidine rings is 1. The first-order chi connectivity index (χ1) is 16.6. The Bertz CT molecular complexity index is 1210. The Morgan fingerprint density at radius 3 is 2.63 bits per heavy atom. The summed E-state index contributed by atoms with van der Waals surface area (Å²) in [6, 6.07) is 4.80. The molecular weight excluding hydrogens is 483 g/mol. The van der Waals surface area contributed by atoms with Crippen molar-refractivity contribution in [2.75, 3.05) is 24.6 Å². The molecule has 2 fully saturated rings. The van der Waals surface area contributed by atoms with Crippen LogP contribution in [0.5, 0.6) is 5.75 Å². The normalized spacial score (nSPS) is 23.3. The number of rotatable bonds is 5. The highest BCUT2D eigenvalue weighted by Gasteiger charge is 2.36. The molecule has 0 spiro atoms. The van der Waals surface area contributed by atoms with Crippen LogP contribution in [0.3, 0.4) is 0 Å². The lowest BCUT2D eigenvalue weighted by Gasteiger charge is -2.41. The number of aromatic nitrogens is 4. The molecule has 0 saturated carbocycles. The Balaban J connectivity index is 1.40. The average molecular weight is 510 g/mol. The lowest BCUT2D eigenvalue weighted by Crippen LogP contribution is -2.50. The lowest BCUT2D eigenvalue weighted by molar-refractivity contribution is -0.137. The monoisotopic (exact) mass is 509 g/mol. The summed E-state index contributed by atoms with van der Waals surface area (Å²) in [5.74, 6) is 1.84. The van der Waals surface area contributed by atoms with E-state index in [-0.39, 0.29) is 11.4 Å². The number of alkyl halides is 3. The van der Waals surface area contributed by atoms with E-state index >= 15 is 0 Å². The van der Waals surface area contributed by atoms with Crippen LogP contribution in [-0.2, 0) is 17.5 Å². The zero-order chi connectivity index (χ0) is 24.8. The standard InChI is InChI=1S/C24H27ClF3N5O2/c1-15-29-19-20(30-22(25)31-21(19)33(15)13-18-5-3-12-34-18)32-11-4-10-23(2,14-32)35-17-8-6-16(7-9-17)24(26,27)28/h6-9,18H,3-5,10-14H2,1-2H3/t18-,23-/m0/s1. The summed E-state index contributed by atoms with van der Waals surface area (Å²) in [5, 5.41) is 0.136. The smallest absolute Gasteiger partial charge is 0.416 e. The molecule has 2 saturated heterocycles. The molecule has 35 heavy (non-hydrogen) atoms. The Hall–Kier alpha value is -2.59. The lowest BCUT2D eigenvalue weighted by atomic mass is 9.94. The van der Waals surface area contributed by atoms with Crippen molar-refractivity contribution >= 4 is 28.6 Å². The third-order valence-electron chi connectivity index (χ3n) is 6.65. The van der Waals surface area contributed by atoms with Crippen LogP contribution in [-0.4, -0.2) is 50.9 Å². The van der Waals surface area contributed by atoms with Gasteiger partial charge >= 0.3 is 6.18 Å². The van der Waals surface area contributed by atoms with Gasteiger partial charge in [-0.25, -0.2) is 4.98 Å². The first kappa shape index (κ1) is 24.1. The highest BCUT2D eigenvalue weighted by molar-refractivity contribution is 6.28. The van der Waals surface area contributed by atoms with Crippen LogP contribution in [0.1, 0.15) is 44.0 Å². The highest BCUT2D eigenvalue weighted by atomic mass is 35.5. The SMILES string of the molecule is Cc1nc2c(N3CCC[C@](C)(Oc4ccc(C(F)(F)F)cc4)C3)nc(Cl)nc2n1C[C@@H]1CCCO1. The molecule has 7 nitrogen and oxygen atoms in total. The molecule has 11 heteroatoms. The van der Waals surface area contributed by atoms with Gasteiger partial charge in [-0.1, -0.05) is 0 Å². The van der Waals surface area contributed by atoms with Crippen molar-refractivity contribution in [3.05, 3.63) is 40.9 Å². The quantitative estimate of drug-likeness (QED) is 0.428. The summed E-state index contributed by atoms with van der Waals surface area (Å²) in [4.78, 5) is 15.8. The second kappa shape index (κ2) is 9.13. The number of anilines is 1. The molecule has 0 aliphatic carbocycles. The molecular formula is C24H27ClF3N5O2. The largest absolute Gasteiger partial charge is 0.486 e. The Morgan fingerprint density at radius 2 is 1.94 bits per heavy atom. The van der Waals surface area contributed by atoms with Crippen LogP contribution in [0.4, 0.5) is 19.0 Å². The zero-order valence-electron chi connectivity index (χ0n) is 19.6. The van der Waals surface area contributed by atoms with Gasteiger partial charge in [-0.05, 0) is 75.4 Å². The number of aryl methyl sites for hydroxylation is 1. The van der Waals surface area contributed by atoms with Gasteiger partial charge in [-0.15, -0.1) is 0 Å². The van der Waals surface area contributed by atoms with Crippen molar-refractivity contribution in [1.29, 1.82) is 0 Å². The molecule has 2 aromatic heterocycles. The van der Waals surface area contributed by atoms with Crippen molar-refractivity contribution < 1.29 is 22.6 Å².